The second-order valence-electron chi connectivity index (χ2n) is 5.04. The number of likely N-dealkylation sites (tertiary alicyclic amines) is 1. The van der Waals surface area contributed by atoms with Crippen LogP contribution in [-0.2, 0) is 4.79 Å². The SMILES string of the molecule is O=C(CCN1CCC1)N[C@@H](c1ccc(F)cc1)C(F)(F)F. The zero-order valence-corrected chi connectivity index (χ0v) is 11.3. The number of hydrogen-bond acceptors (Lipinski definition) is 2. The van der Waals surface area contributed by atoms with Gasteiger partial charge in [0.2, 0.25) is 5.91 Å². The Balaban J connectivity index is 1.99. The lowest BCUT2D eigenvalue weighted by molar-refractivity contribution is -0.163. The number of hydrogen-bond donors (Lipinski definition) is 1. The second kappa shape index (κ2) is 6.43. The minimum absolute atomic E-state index is 0.0216. The van der Waals surface area contributed by atoms with Crippen LogP contribution in [-0.4, -0.2) is 36.6 Å². The summed E-state index contributed by atoms with van der Waals surface area (Å²) in [4.78, 5) is 13.7. The fourth-order valence-corrected chi connectivity index (χ4v) is 2.11. The number of carbonyl (C=O) groups excluding carboxylic acids is 1. The zero-order chi connectivity index (χ0) is 15.5. The van der Waals surface area contributed by atoms with Gasteiger partial charge in [0.05, 0.1) is 0 Å². The molecule has 0 spiro atoms. The van der Waals surface area contributed by atoms with Crippen molar-refractivity contribution in [3.63, 3.8) is 0 Å². The van der Waals surface area contributed by atoms with Crippen molar-refractivity contribution in [2.75, 3.05) is 19.6 Å². The molecule has 1 aromatic carbocycles. The molecule has 1 fully saturated rings. The highest BCUT2D eigenvalue weighted by Crippen LogP contribution is 2.32. The van der Waals surface area contributed by atoms with Crippen LogP contribution < -0.4 is 5.32 Å². The van der Waals surface area contributed by atoms with E-state index in [4.69, 9.17) is 0 Å². The van der Waals surface area contributed by atoms with E-state index in [2.05, 4.69) is 0 Å². The van der Waals surface area contributed by atoms with Crippen LogP contribution >= 0.6 is 0 Å². The summed E-state index contributed by atoms with van der Waals surface area (Å²) in [6.45, 7) is 2.22. The first-order chi connectivity index (χ1) is 9.86. The molecule has 0 saturated carbocycles. The molecule has 1 aliphatic heterocycles. The molecule has 7 heteroatoms. The van der Waals surface area contributed by atoms with E-state index in [-0.39, 0.29) is 12.0 Å². The Hall–Kier alpha value is -1.63. The van der Waals surface area contributed by atoms with Gasteiger partial charge < -0.3 is 10.2 Å². The summed E-state index contributed by atoms with van der Waals surface area (Å²) in [7, 11) is 0. The van der Waals surface area contributed by atoms with Gasteiger partial charge in [0.15, 0.2) is 6.04 Å². The van der Waals surface area contributed by atoms with Crippen LogP contribution in [0, 0.1) is 5.82 Å². The van der Waals surface area contributed by atoms with Crippen molar-refractivity contribution in [3.8, 4) is 0 Å². The molecular formula is C14H16F4N2O. The number of amides is 1. The molecule has 0 unspecified atom stereocenters. The van der Waals surface area contributed by atoms with Crippen molar-refractivity contribution in [1.82, 2.24) is 10.2 Å². The first-order valence-electron chi connectivity index (χ1n) is 6.70. The van der Waals surface area contributed by atoms with E-state index < -0.39 is 23.9 Å². The number of benzene rings is 1. The highest BCUT2D eigenvalue weighted by molar-refractivity contribution is 5.76. The van der Waals surface area contributed by atoms with Crippen molar-refractivity contribution < 1.29 is 22.4 Å². The standard InChI is InChI=1S/C14H16F4N2O/c15-11-4-2-10(3-5-11)13(14(16,17)18)19-12(21)6-9-20-7-1-8-20/h2-5,13H,1,6-9H2,(H,19,21)/t13-/m0/s1. The van der Waals surface area contributed by atoms with E-state index in [0.717, 1.165) is 43.8 Å². The quantitative estimate of drug-likeness (QED) is 0.848. The summed E-state index contributed by atoms with van der Waals surface area (Å²) < 4.78 is 51.9. The molecule has 1 N–H and O–H groups in total. The van der Waals surface area contributed by atoms with Crippen LogP contribution in [0.1, 0.15) is 24.4 Å². The van der Waals surface area contributed by atoms with Crippen LogP contribution in [0.25, 0.3) is 0 Å². The lowest BCUT2D eigenvalue weighted by Crippen LogP contribution is -2.42. The molecular weight excluding hydrogens is 288 g/mol. The van der Waals surface area contributed by atoms with Gasteiger partial charge in [0, 0.05) is 13.0 Å². The largest absolute Gasteiger partial charge is 0.412 e. The first kappa shape index (κ1) is 15.8. The lowest BCUT2D eigenvalue weighted by Gasteiger charge is -2.30. The molecule has 0 radical (unpaired) electrons. The summed E-state index contributed by atoms with van der Waals surface area (Å²) in [5, 5.41) is 1.98. The van der Waals surface area contributed by atoms with E-state index in [1.54, 1.807) is 0 Å². The molecule has 116 valence electrons. The maximum Gasteiger partial charge on any atom is 0.412 e. The topological polar surface area (TPSA) is 32.3 Å². The highest BCUT2D eigenvalue weighted by Gasteiger charge is 2.41. The summed E-state index contributed by atoms with van der Waals surface area (Å²) >= 11 is 0. The third-order valence-corrected chi connectivity index (χ3v) is 3.44. The Morgan fingerprint density at radius 2 is 1.86 bits per heavy atom. The van der Waals surface area contributed by atoms with Crippen LogP contribution in [0.2, 0.25) is 0 Å². The molecule has 1 atom stereocenters. The Labute approximate surface area is 119 Å². The summed E-state index contributed by atoms with van der Waals surface area (Å²) in [5.74, 6) is -1.28. The minimum atomic E-state index is -4.62. The van der Waals surface area contributed by atoms with Gasteiger partial charge in [-0.3, -0.25) is 4.79 Å². The fraction of sp³-hybridized carbons (Fsp3) is 0.500. The smallest absolute Gasteiger partial charge is 0.341 e. The number of halogens is 4. The van der Waals surface area contributed by atoms with Gasteiger partial charge in [0.1, 0.15) is 5.82 Å². The van der Waals surface area contributed by atoms with Gasteiger partial charge in [0.25, 0.3) is 0 Å². The molecule has 3 nitrogen and oxygen atoms in total. The minimum Gasteiger partial charge on any atom is -0.341 e. The average molecular weight is 304 g/mol. The molecule has 21 heavy (non-hydrogen) atoms. The van der Waals surface area contributed by atoms with Crippen LogP contribution in [0.3, 0.4) is 0 Å². The van der Waals surface area contributed by atoms with E-state index in [9.17, 15) is 22.4 Å². The molecule has 1 aliphatic rings. The van der Waals surface area contributed by atoms with Gasteiger partial charge in [-0.2, -0.15) is 13.2 Å². The molecule has 1 amide bonds. The van der Waals surface area contributed by atoms with E-state index in [1.807, 2.05) is 10.2 Å². The van der Waals surface area contributed by atoms with Crippen LogP contribution in [0.4, 0.5) is 17.6 Å². The zero-order valence-electron chi connectivity index (χ0n) is 11.3. The normalized spacial score (nSPS) is 17.1. The molecule has 1 heterocycles. The van der Waals surface area contributed by atoms with Gasteiger partial charge in [-0.25, -0.2) is 4.39 Å². The fourth-order valence-electron chi connectivity index (χ4n) is 2.11. The second-order valence-corrected chi connectivity index (χ2v) is 5.04. The monoisotopic (exact) mass is 304 g/mol. The summed E-state index contributed by atoms with van der Waals surface area (Å²) in [5.41, 5.74) is -0.179. The van der Waals surface area contributed by atoms with Crippen molar-refractivity contribution in [1.29, 1.82) is 0 Å². The Morgan fingerprint density at radius 1 is 1.24 bits per heavy atom. The molecule has 2 rings (SSSR count). The van der Waals surface area contributed by atoms with E-state index >= 15 is 0 Å². The number of rotatable bonds is 5. The number of nitrogens with zero attached hydrogens (tertiary/aromatic N) is 1. The first-order valence-corrected chi connectivity index (χ1v) is 6.70. The van der Waals surface area contributed by atoms with Gasteiger partial charge in [-0.15, -0.1) is 0 Å². The lowest BCUT2D eigenvalue weighted by atomic mass is 10.1. The molecule has 0 bridgehead atoms. The summed E-state index contributed by atoms with van der Waals surface area (Å²) in [6.07, 6.45) is -3.54. The Morgan fingerprint density at radius 3 is 2.33 bits per heavy atom. The van der Waals surface area contributed by atoms with Gasteiger partial charge >= 0.3 is 6.18 Å². The van der Waals surface area contributed by atoms with Crippen molar-refractivity contribution in [3.05, 3.63) is 35.6 Å². The van der Waals surface area contributed by atoms with Crippen molar-refractivity contribution in [2.45, 2.75) is 25.1 Å². The number of carbonyl (C=O) groups is 1. The molecule has 0 aromatic heterocycles. The van der Waals surface area contributed by atoms with Gasteiger partial charge in [-0.05, 0) is 37.2 Å². The van der Waals surface area contributed by atoms with Crippen molar-refractivity contribution in [2.24, 2.45) is 0 Å². The number of alkyl halides is 3. The molecule has 1 aromatic rings. The predicted molar refractivity (Wildman–Crippen MR) is 69.0 cm³/mol. The Bertz CT molecular complexity index is 483. The predicted octanol–water partition coefficient (Wildman–Crippen LogP) is 2.64. The maximum atomic E-state index is 13.0. The maximum absolute atomic E-state index is 13.0. The Kier molecular flexibility index (Phi) is 4.82. The third kappa shape index (κ3) is 4.42. The highest BCUT2D eigenvalue weighted by atomic mass is 19.4. The van der Waals surface area contributed by atoms with E-state index in [0.29, 0.717) is 6.54 Å². The van der Waals surface area contributed by atoms with Crippen LogP contribution in [0.15, 0.2) is 24.3 Å². The third-order valence-electron chi connectivity index (χ3n) is 3.44. The molecule has 0 aliphatic carbocycles. The molecule has 1 saturated heterocycles. The van der Waals surface area contributed by atoms with Gasteiger partial charge in [-0.1, -0.05) is 12.1 Å². The number of nitrogens with one attached hydrogen (secondary N) is 1. The van der Waals surface area contributed by atoms with E-state index in [1.165, 1.54) is 0 Å². The van der Waals surface area contributed by atoms with Crippen LogP contribution in [0.5, 0.6) is 0 Å². The summed E-state index contributed by atoms with van der Waals surface area (Å²) in [6, 6.07) is 1.84. The van der Waals surface area contributed by atoms with Crippen molar-refractivity contribution >= 4 is 5.91 Å². The average Bonchev–Trinajstić information content (AvgIpc) is 2.34.